The number of ether oxygens (including phenoxy) is 4. The highest BCUT2D eigenvalue weighted by Crippen LogP contribution is 2.38. The molecule has 0 amide bonds. The van der Waals surface area contributed by atoms with Crippen LogP contribution in [-0.4, -0.2) is 27.4 Å². The summed E-state index contributed by atoms with van der Waals surface area (Å²) in [5, 5.41) is 3.59. The zero-order valence-corrected chi connectivity index (χ0v) is 19.8. The maximum absolute atomic E-state index is 6.43. The van der Waals surface area contributed by atoms with Crippen LogP contribution in [-0.2, 0) is 6.54 Å². The van der Waals surface area contributed by atoms with E-state index in [0.717, 1.165) is 21.3 Å². The zero-order chi connectivity index (χ0) is 22.2. The van der Waals surface area contributed by atoms with Crippen LogP contribution in [0.15, 0.2) is 71.2 Å². The van der Waals surface area contributed by atoms with Crippen LogP contribution in [0.5, 0.6) is 23.0 Å². The molecule has 6 heteroatoms. The minimum Gasteiger partial charge on any atom is -0.493 e. The average Bonchev–Trinajstić information content (AvgIpc) is 2.81. The topological polar surface area (TPSA) is 49.0 Å². The molecule has 0 spiro atoms. The highest BCUT2D eigenvalue weighted by atomic mass is 79.9. The molecule has 0 bridgehead atoms. The quantitative estimate of drug-likeness (QED) is 0.394. The fraction of sp³-hybridized carbons (Fsp3) is 0.280. The highest BCUT2D eigenvalue weighted by Gasteiger charge is 2.22. The van der Waals surface area contributed by atoms with Crippen molar-refractivity contribution in [3.63, 3.8) is 0 Å². The van der Waals surface area contributed by atoms with Crippen LogP contribution in [0.3, 0.4) is 0 Å². The van der Waals surface area contributed by atoms with Crippen LogP contribution in [0.25, 0.3) is 0 Å². The summed E-state index contributed by atoms with van der Waals surface area (Å²) in [7, 11) is 4.84. The lowest BCUT2D eigenvalue weighted by Crippen LogP contribution is -2.34. The van der Waals surface area contributed by atoms with E-state index in [2.05, 4.69) is 40.3 Å². The number of rotatable bonds is 10. The first kappa shape index (κ1) is 23.0. The second-order valence-corrected chi connectivity index (χ2v) is 7.94. The molecule has 0 unspecified atom stereocenters. The van der Waals surface area contributed by atoms with E-state index in [1.807, 2.05) is 54.6 Å². The lowest BCUT2D eigenvalue weighted by atomic mass is 10.0. The summed E-state index contributed by atoms with van der Waals surface area (Å²) in [6.07, 6.45) is -0.179. The zero-order valence-electron chi connectivity index (χ0n) is 18.2. The first-order valence-electron chi connectivity index (χ1n) is 10.1. The van der Waals surface area contributed by atoms with Crippen molar-refractivity contribution in [2.24, 2.45) is 0 Å². The van der Waals surface area contributed by atoms with E-state index in [4.69, 9.17) is 18.9 Å². The fourth-order valence-electron chi connectivity index (χ4n) is 3.40. The van der Waals surface area contributed by atoms with Gasteiger partial charge in [0.2, 0.25) is 5.75 Å². The molecule has 0 fully saturated rings. The molecule has 0 aliphatic rings. The van der Waals surface area contributed by atoms with Gasteiger partial charge in [0.05, 0.1) is 25.8 Å². The Kier molecular flexibility index (Phi) is 8.20. The SMILES string of the molecule is COc1cc(CN[C@@H](C)[C@H](Oc2ccccc2Br)c2ccccc2)cc(OC)c1OC. The molecule has 0 aliphatic carbocycles. The van der Waals surface area contributed by atoms with Crippen LogP contribution in [0, 0.1) is 0 Å². The largest absolute Gasteiger partial charge is 0.493 e. The maximum Gasteiger partial charge on any atom is 0.203 e. The van der Waals surface area contributed by atoms with Gasteiger partial charge in [-0.2, -0.15) is 0 Å². The Hall–Kier alpha value is -2.70. The molecule has 0 radical (unpaired) electrons. The van der Waals surface area contributed by atoms with Crippen LogP contribution in [0.1, 0.15) is 24.2 Å². The van der Waals surface area contributed by atoms with Crippen molar-refractivity contribution in [2.75, 3.05) is 21.3 Å². The first-order chi connectivity index (χ1) is 15.1. The van der Waals surface area contributed by atoms with Gasteiger partial charge < -0.3 is 24.3 Å². The van der Waals surface area contributed by atoms with Crippen molar-refractivity contribution in [3.05, 3.63) is 82.3 Å². The van der Waals surface area contributed by atoms with Crippen LogP contribution in [0.4, 0.5) is 0 Å². The van der Waals surface area contributed by atoms with Crippen molar-refractivity contribution >= 4 is 15.9 Å². The summed E-state index contributed by atoms with van der Waals surface area (Å²) in [6, 6.07) is 22.0. The Morgan fingerprint density at radius 2 is 1.42 bits per heavy atom. The standard InChI is InChI=1S/C25H28BrNO4/c1-17(27-16-18-14-22(28-2)25(30-4)23(15-18)29-3)24(19-10-6-5-7-11-19)31-21-13-9-8-12-20(21)26/h5-15,17,24,27H,16H2,1-4H3/t17-,24-/m0/s1. The van der Waals surface area contributed by atoms with E-state index in [9.17, 15) is 0 Å². The summed E-state index contributed by atoms with van der Waals surface area (Å²) in [5.74, 6) is 2.66. The number of halogens is 1. The van der Waals surface area contributed by atoms with Crippen LogP contribution >= 0.6 is 15.9 Å². The molecular weight excluding hydrogens is 458 g/mol. The highest BCUT2D eigenvalue weighted by molar-refractivity contribution is 9.10. The molecule has 0 saturated heterocycles. The lowest BCUT2D eigenvalue weighted by molar-refractivity contribution is 0.160. The van der Waals surface area contributed by atoms with Crippen molar-refractivity contribution < 1.29 is 18.9 Å². The molecule has 0 saturated carbocycles. The van der Waals surface area contributed by atoms with Crippen molar-refractivity contribution in [1.82, 2.24) is 5.32 Å². The molecule has 0 heterocycles. The Bertz CT molecular complexity index is 955. The van der Waals surface area contributed by atoms with E-state index < -0.39 is 0 Å². The van der Waals surface area contributed by atoms with Gasteiger partial charge in [-0.25, -0.2) is 0 Å². The number of hydrogen-bond donors (Lipinski definition) is 1. The third kappa shape index (κ3) is 5.71. The van der Waals surface area contributed by atoms with Gasteiger partial charge in [0.1, 0.15) is 11.9 Å². The molecule has 3 rings (SSSR count). The molecule has 3 aromatic rings. The third-order valence-electron chi connectivity index (χ3n) is 5.03. The third-order valence-corrected chi connectivity index (χ3v) is 5.68. The maximum atomic E-state index is 6.43. The van der Waals surface area contributed by atoms with E-state index >= 15 is 0 Å². The minimum absolute atomic E-state index is 0.0218. The van der Waals surface area contributed by atoms with Crippen molar-refractivity contribution in [2.45, 2.75) is 25.6 Å². The number of benzene rings is 3. The van der Waals surface area contributed by atoms with Gasteiger partial charge in [0.15, 0.2) is 11.5 Å². The fourth-order valence-corrected chi connectivity index (χ4v) is 3.78. The number of para-hydroxylation sites is 1. The van der Waals surface area contributed by atoms with Gasteiger partial charge in [0.25, 0.3) is 0 Å². The van der Waals surface area contributed by atoms with Crippen LogP contribution in [0.2, 0.25) is 0 Å². The second-order valence-electron chi connectivity index (χ2n) is 7.08. The Morgan fingerprint density at radius 3 is 2.00 bits per heavy atom. The summed E-state index contributed by atoms with van der Waals surface area (Å²) in [5.41, 5.74) is 2.12. The summed E-state index contributed by atoms with van der Waals surface area (Å²) in [4.78, 5) is 0. The van der Waals surface area contributed by atoms with E-state index in [1.165, 1.54) is 0 Å². The van der Waals surface area contributed by atoms with Gasteiger partial charge in [-0.05, 0) is 58.2 Å². The van der Waals surface area contributed by atoms with E-state index in [0.29, 0.717) is 23.8 Å². The molecule has 1 N–H and O–H groups in total. The average molecular weight is 486 g/mol. The summed E-state index contributed by atoms with van der Waals surface area (Å²) >= 11 is 3.58. The van der Waals surface area contributed by atoms with Crippen molar-refractivity contribution in [1.29, 1.82) is 0 Å². The molecule has 0 aliphatic heterocycles. The lowest BCUT2D eigenvalue weighted by Gasteiger charge is -2.27. The molecule has 164 valence electrons. The van der Waals surface area contributed by atoms with Crippen molar-refractivity contribution in [3.8, 4) is 23.0 Å². The van der Waals surface area contributed by atoms with Gasteiger partial charge in [0, 0.05) is 12.6 Å². The van der Waals surface area contributed by atoms with Crippen LogP contribution < -0.4 is 24.3 Å². The Balaban J connectivity index is 1.81. The van der Waals surface area contributed by atoms with Gasteiger partial charge >= 0.3 is 0 Å². The molecule has 3 aromatic carbocycles. The number of methoxy groups -OCH3 is 3. The predicted molar refractivity (Wildman–Crippen MR) is 126 cm³/mol. The van der Waals surface area contributed by atoms with E-state index in [-0.39, 0.29) is 12.1 Å². The molecule has 2 atom stereocenters. The Morgan fingerprint density at radius 1 is 0.806 bits per heavy atom. The number of hydrogen-bond acceptors (Lipinski definition) is 5. The Labute approximate surface area is 192 Å². The van der Waals surface area contributed by atoms with E-state index in [1.54, 1.807) is 21.3 Å². The second kappa shape index (κ2) is 11.1. The normalized spacial score (nSPS) is 12.7. The predicted octanol–water partition coefficient (Wildman–Crippen LogP) is 5.77. The van der Waals surface area contributed by atoms with Gasteiger partial charge in [-0.1, -0.05) is 42.5 Å². The molecule has 5 nitrogen and oxygen atoms in total. The van der Waals surface area contributed by atoms with Gasteiger partial charge in [-0.15, -0.1) is 0 Å². The monoisotopic (exact) mass is 485 g/mol. The smallest absolute Gasteiger partial charge is 0.203 e. The summed E-state index contributed by atoms with van der Waals surface area (Å²) in [6.45, 7) is 2.73. The molecular formula is C25H28BrNO4. The molecule has 31 heavy (non-hydrogen) atoms. The summed E-state index contributed by atoms with van der Waals surface area (Å²) < 4.78 is 23.7. The minimum atomic E-state index is -0.179. The molecule has 0 aromatic heterocycles. The number of nitrogens with one attached hydrogen (secondary N) is 1. The van der Waals surface area contributed by atoms with Gasteiger partial charge in [-0.3, -0.25) is 0 Å². The first-order valence-corrected chi connectivity index (χ1v) is 10.8.